The number of nitrogens with two attached hydrogens (primary N) is 2. The Morgan fingerprint density at radius 3 is 2.41 bits per heavy atom. The number of ketones is 2. The van der Waals surface area contributed by atoms with E-state index < -0.39 is 53.9 Å². The lowest BCUT2D eigenvalue weighted by atomic mass is 9.85. The number of aliphatic hydroxyl groups excluding tert-OH is 1. The third-order valence-corrected chi connectivity index (χ3v) is 8.23. The molecule has 1 heterocycles. The number of primary amides is 1. The van der Waals surface area contributed by atoms with Gasteiger partial charge in [0.15, 0.2) is 6.10 Å². The third kappa shape index (κ3) is 11.3. The first-order valence-electron chi connectivity index (χ1n) is 15.9. The Balaban J connectivity index is 2.54. The first-order valence-corrected chi connectivity index (χ1v) is 15.9. The molecule has 2 bridgehead atoms. The average molecular weight is 645 g/mol. The Morgan fingerprint density at radius 2 is 1.78 bits per heavy atom. The van der Waals surface area contributed by atoms with Crippen molar-refractivity contribution >= 4 is 23.6 Å². The van der Waals surface area contributed by atoms with Gasteiger partial charge in [0.25, 0.3) is 5.91 Å². The summed E-state index contributed by atoms with van der Waals surface area (Å²) in [6, 6.07) is 0. The molecule has 1 aliphatic heterocycles. The van der Waals surface area contributed by atoms with E-state index in [4.69, 9.17) is 25.7 Å². The number of Topliss-reactive ketones (excluding diaryl/α,β-unsaturated/α-hetero) is 1. The molecule has 12 heteroatoms. The second-order valence-corrected chi connectivity index (χ2v) is 12.1. The van der Waals surface area contributed by atoms with Crippen LogP contribution < -0.4 is 22.1 Å². The predicted molar refractivity (Wildman–Crippen MR) is 175 cm³/mol. The second-order valence-electron chi connectivity index (χ2n) is 12.1. The molecule has 7 N–H and O–H groups in total. The van der Waals surface area contributed by atoms with Crippen LogP contribution in [-0.2, 0) is 28.6 Å². The number of allylic oxidation sites excluding steroid dienone is 4. The molecule has 2 aliphatic rings. The van der Waals surface area contributed by atoms with E-state index in [9.17, 15) is 24.3 Å². The Morgan fingerprint density at radius 1 is 1.09 bits per heavy atom. The molecule has 1 aliphatic carbocycles. The monoisotopic (exact) mass is 644 g/mol. The molecule has 0 fully saturated rings. The molecule has 0 aromatic rings. The van der Waals surface area contributed by atoms with Gasteiger partial charge in [0.05, 0.1) is 23.6 Å². The highest BCUT2D eigenvalue weighted by atomic mass is 16.6. The minimum Gasteiger partial charge on any atom is -0.439 e. The molecule has 0 spiro atoms. The molecular weight excluding hydrogens is 592 g/mol. The van der Waals surface area contributed by atoms with Crippen molar-refractivity contribution in [3.8, 4) is 0 Å². The molecule has 2 rings (SSSR count). The quantitative estimate of drug-likeness (QED) is 0.134. The number of rotatable bonds is 10. The van der Waals surface area contributed by atoms with Crippen LogP contribution in [0.5, 0.6) is 0 Å². The van der Waals surface area contributed by atoms with Gasteiger partial charge in [-0.15, -0.1) is 0 Å². The maximum atomic E-state index is 13.8. The molecule has 0 aromatic carbocycles. The van der Waals surface area contributed by atoms with Gasteiger partial charge in [-0.05, 0) is 57.6 Å². The number of hydrogen-bond donors (Lipinski definition) is 5. The van der Waals surface area contributed by atoms with Crippen LogP contribution in [0.25, 0.3) is 0 Å². The van der Waals surface area contributed by atoms with E-state index in [2.05, 4.69) is 10.6 Å². The van der Waals surface area contributed by atoms with Crippen LogP contribution in [0.3, 0.4) is 0 Å². The minimum absolute atomic E-state index is 0.109. The van der Waals surface area contributed by atoms with Crippen LogP contribution in [0.2, 0.25) is 0 Å². The Labute approximate surface area is 272 Å². The van der Waals surface area contributed by atoms with Gasteiger partial charge in [0.1, 0.15) is 6.10 Å². The smallest absolute Gasteiger partial charge is 0.405 e. The van der Waals surface area contributed by atoms with Crippen molar-refractivity contribution in [1.82, 2.24) is 10.6 Å². The van der Waals surface area contributed by atoms with Crippen LogP contribution in [0.15, 0.2) is 58.5 Å². The van der Waals surface area contributed by atoms with E-state index in [1.54, 1.807) is 32.1 Å². The number of nitrogens with one attached hydrogen (secondary N) is 2. The average Bonchev–Trinajstić information content (AvgIpc) is 3.01. The molecule has 0 radical (unpaired) electrons. The number of carbonyl (C=O) groups excluding carboxylic acids is 4. The maximum Gasteiger partial charge on any atom is 0.405 e. The summed E-state index contributed by atoms with van der Waals surface area (Å²) in [7, 11) is 2.94. The fourth-order valence-electron chi connectivity index (χ4n) is 5.61. The lowest BCUT2D eigenvalue weighted by Crippen LogP contribution is -2.38. The van der Waals surface area contributed by atoms with Gasteiger partial charge in [-0.2, -0.15) is 0 Å². The highest BCUT2D eigenvalue weighted by Crippen LogP contribution is 2.29. The number of fused-ring (bicyclic) bond motifs is 2. The van der Waals surface area contributed by atoms with Gasteiger partial charge in [-0.1, -0.05) is 51.0 Å². The molecule has 12 nitrogen and oxygen atoms in total. The first kappa shape index (κ1) is 38.6. The standard InChI is InChI=1S/C34H52N4O8/c1-20-16-24-29(37-15-10-8-7-9-14-35)26(39)19-25(31(24)41)38-33(42)21(2)12-11-13-27(44-5)32(46-34(36)43)23(4)18-22(3)30(40)28(17-20)45-6/h11-13,18-20,22,27-28,30,32,37,40H,7-10,14-17,35H2,1-6H3,(H2,36,43)(H,38,42)/b13-11-,21-12+,23-18+/t20-,22+,27+,28+,30-,32+/m1/s1. The van der Waals surface area contributed by atoms with Crippen LogP contribution in [-0.4, -0.2) is 80.4 Å². The molecule has 0 saturated heterocycles. The van der Waals surface area contributed by atoms with Crippen molar-refractivity contribution in [2.45, 2.75) is 90.6 Å². The zero-order chi connectivity index (χ0) is 34.4. The van der Waals surface area contributed by atoms with Gasteiger partial charge >= 0.3 is 6.09 Å². The maximum absolute atomic E-state index is 13.8. The summed E-state index contributed by atoms with van der Waals surface area (Å²) in [5, 5.41) is 17.1. The largest absolute Gasteiger partial charge is 0.439 e. The Kier molecular flexibility index (Phi) is 16.1. The summed E-state index contributed by atoms with van der Waals surface area (Å²) in [6.07, 6.45) is 7.54. The molecule has 256 valence electrons. The molecule has 0 aromatic heterocycles. The van der Waals surface area contributed by atoms with Crippen LogP contribution in [0.4, 0.5) is 4.79 Å². The summed E-state index contributed by atoms with van der Waals surface area (Å²) in [6.45, 7) is 8.17. The SMILES string of the molecule is CO[C@H]1/C=C\C=C(/C)C(=O)NC2=CC(=O)C(NCCCCCCN)=C(C[C@@H](C)C[C@H](OC)[C@H](O)[C@@H](C)/C=C(\C)[C@@H]1OC(N)=O)C2=O. The number of carbonyl (C=O) groups is 4. The fraction of sp³-hybridized carbons (Fsp3) is 0.588. The lowest BCUT2D eigenvalue weighted by Gasteiger charge is -2.30. The van der Waals surface area contributed by atoms with Crippen molar-refractivity contribution in [2.75, 3.05) is 27.3 Å². The molecule has 0 saturated carbocycles. The van der Waals surface area contributed by atoms with Crippen molar-refractivity contribution in [2.24, 2.45) is 23.3 Å². The van der Waals surface area contributed by atoms with E-state index in [0.29, 0.717) is 25.1 Å². The fourth-order valence-corrected chi connectivity index (χ4v) is 5.61. The summed E-state index contributed by atoms with van der Waals surface area (Å²) in [5.74, 6) is -2.04. The van der Waals surface area contributed by atoms with E-state index in [1.165, 1.54) is 20.3 Å². The third-order valence-electron chi connectivity index (χ3n) is 8.23. The van der Waals surface area contributed by atoms with Crippen LogP contribution in [0, 0.1) is 11.8 Å². The lowest BCUT2D eigenvalue weighted by molar-refractivity contribution is -0.120. The molecule has 6 atom stereocenters. The summed E-state index contributed by atoms with van der Waals surface area (Å²) in [4.78, 5) is 52.0. The molecule has 46 heavy (non-hydrogen) atoms. The highest BCUT2D eigenvalue weighted by Gasteiger charge is 2.33. The number of methoxy groups -OCH3 is 2. The van der Waals surface area contributed by atoms with E-state index in [-0.39, 0.29) is 34.9 Å². The predicted octanol–water partition coefficient (Wildman–Crippen LogP) is 2.87. The normalized spacial score (nSPS) is 30.0. The summed E-state index contributed by atoms with van der Waals surface area (Å²) >= 11 is 0. The summed E-state index contributed by atoms with van der Waals surface area (Å²) in [5.41, 5.74) is 12.2. The minimum atomic E-state index is -0.997. The Hall–Kier alpha value is -3.58. The van der Waals surface area contributed by atoms with E-state index in [0.717, 1.165) is 31.8 Å². The molecule has 2 amide bonds. The van der Waals surface area contributed by atoms with Crippen molar-refractivity contribution < 1.29 is 38.5 Å². The van der Waals surface area contributed by atoms with Gasteiger partial charge in [0.2, 0.25) is 11.6 Å². The number of hydrogen-bond acceptors (Lipinski definition) is 10. The topological polar surface area (TPSA) is 192 Å². The molecular formula is C34H52N4O8. The number of aliphatic hydroxyl groups is 1. The van der Waals surface area contributed by atoms with E-state index >= 15 is 0 Å². The van der Waals surface area contributed by atoms with Gasteiger partial charge in [-0.3, -0.25) is 14.4 Å². The Bertz CT molecular complexity index is 1250. The second kappa shape index (κ2) is 19.2. The zero-order valence-corrected chi connectivity index (χ0v) is 28.0. The number of amides is 2. The van der Waals surface area contributed by atoms with Gasteiger partial charge in [-0.25, -0.2) is 4.79 Å². The van der Waals surface area contributed by atoms with Crippen LogP contribution in [0.1, 0.15) is 66.2 Å². The number of ether oxygens (including phenoxy) is 3. The van der Waals surface area contributed by atoms with Crippen molar-refractivity contribution in [1.29, 1.82) is 0 Å². The van der Waals surface area contributed by atoms with Gasteiger partial charge < -0.3 is 41.4 Å². The van der Waals surface area contributed by atoms with E-state index in [1.807, 2.05) is 13.8 Å². The number of unbranched alkanes of at least 4 members (excludes halogenated alkanes) is 3. The van der Waals surface area contributed by atoms with Crippen molar-refractivity contribution in [3.63, 3.8) is 0 Å². The molecule has 0 unspecified atom stereocenters. The zero-order valence-electron chi connectivity index (χ0n) is 28.0. The van der Waals surface area contributed by atoms with Crippen molar-refractivity contribution in [3.05, 3.63) is 58.5 Å². The van der Waals surface area contributed by atoms with Gasteiger partial charge in [0, 0.05) is 43.9 Å². The summed E-state index contributed by atoms with van der Waals surface area (Å²) < 4.78 is 16.7. The first-order chi connectivity index (χ1) is 21.8. The van der Waals surface area contributed by atoms with Crippen LogP contribution >= 0.6 is 0 Å². The highest BCUT2D eigenvalue weighted by molar-refractivity contribution is 6.23.